The molecule has 1 aliphatic heterocycles. The number of ether oxygens (including phenoxy) is 1. The molecule has 1 aromatic rings. The van der Waals surface area contributed by atoms with Gasteiger partial charge < -0.3 is 14.6 Å². The molecule has 96 valence electrons. The third kappa shape index (κ3) is 3.82. The van der Waals surface area contributed by atoms with Crippen LogP contribution in [0.2, 0.25) is 0 Å². The molecule has 1 N–H and O–H groups in total. The number of nitrogens with zero attached hydrogens (tertiary/aromatic N) is 2. The number of hydrogen-bond donors (Lipinski definition) is 1. The van der Waals surface area contributed by atoms with Crippen molar-refractivity contribution in [2.75, 3.05) is 19.8 Å². The highest BCUT2D eigenvalue weighted by Gasteiger charge is 2.18. The molecule has 2 heterocycles. The third-order valence-corrected chi connectivity index (χ3v) is 2.93. The van der Waals surface area contributed by atoms with Crippen LogP contribution in [0.4, 0.5) is 0 Å². The molecular weight excluding hydrogens is 214 g/mol. The lowest BCUT2D eigenvalue weighted by Crippen LogP contribution is -2.44. The van der Waals surface area contributed by atoms with E-state index in [1.807, 2.05) is 12.5 Å². The summed E-state index contributed by atoms with van der Waals surface area (Å²) in [5, 5.41) is 3.47. The Bertz CT molecular complexity index is 348. The summed E-state index contributed by atoms with van der Waals surface area (Å²) in [6.45, 7) is 10.3. The maximum absolute atomic E-state index is 5.48. The molecule has 0 aromatic carbocycles. The largest absolute Gasteiger partial charge is 0.378 e. The predicted octanol–water partition coefficient (Wildman–Crippen LogP) is 1.46. The Labute approximate surface area is 103 Å². The molecular formula is C13H23N3O. The van der Waals surface area contributed by atoms with Gasteiger partial charge in [0, 0.05) is 31.0 Å². The van der Waals surface area contributed by atoms with Crippen molar-refractivity contribution >= 4 is 0 Å². The lowest BCUT2D eigenvalue weighted by Gasteiger charge is -2.26. The number of nitrogens with one attached hydrogen (secondary N) is 1. The second-order valence-electron chi connectivity index (χ2n) is 6.00. The molecule has 17 heavy (non-hydrogen) atoms. The maximum Gasteiger partial charge on any atom is 0.0948 e. The summed E-state index contributed by atoms with van der Waals surface area (Å²) < 4.78 is 7.72. The molecule has 1 fully saturated rings. The average Bonchev–Trinajstić information content (AvgIpc) is 2.65. The van der Waals surface area contributed by atoms with Crippen LogP contribution in [0.3, 0.4) is 0 Å². The van der Waals surface area contributed by atoms with E-state index < -0.39 is 0 Å². The van der Waals surface area contributed by atoms with Gasteiger partial charge in [-0.15, -0.1) is 0 Å². The van der Waals surface area contributed by atoms with Crippen molar-refractivity contribution < 1.29 is 4.74 Å². The van der Waals surface area contributed by atoms with Gasteiger partial charge in [-0.1, -0.05) is 20.8 Å². The second-order valence-corrected chi connectivity index (χ2v) is 6.00. The molecule has 1 aromatic heterocycles. The molecule has 4 nitrogen and oxygen atoms in total. The molecule has 0 bridgehead atoms. The Hall–Kier alpha value is -0.870. The van der Waals surface area contributed by atoms with Gasteiger partial charge in [0.2, 0.25) is 0 Å². The minimum Gasteiger partial charge on any atom is -0.378 e. The fourth-order valence-electron chi connectivity index (χ4n) is 2.18. The van der Waals surface area contributed by atoms with Gasteiger partial charge in [-0.05, 0) is 11.8 Å². The van der Waals surface area contributed by atoms with Crippen LogP contribution in [0.5, 0.6) is 0 Å². The van der Waals surface area contributed by atoms with E-state index in [9.17, 15) is 0 Å². The molecule has 1 atom stereocenters. The van der Waals surface area contributed by atoms with Crippen LogP contribution in [-0.4, -0.2) is 35.4 Å². The summed E-state index contributed by atoms with van der Waals surface area (Å²) in [5.74, 6) is 0. The fourth-order valence-corrected chi connectivity index (χ4v) is 2.18. The first-order valence-electron chi connectivity index (χ1n) is 6.35. The summed E-state index contributed by atoms with van der Waals surface area (Å²) in [4.78, 5) is 4.27. The van der Waals surface area contributed by atoms with Gasteiger partial charge in [0.25, 0.3) is 0 Å². The van der Waals surface area contributed by atoms with E-state index >= 15 is 0 Å². The van der Waals surface area contributed by atoms with Crippen LogP contribution in [0.1, 0.15) is 26.5 Å². The summed E-state index contributed by atoms with van der Waals surface area (Å²) >= 11 is 0. The van der Waals surface area contributed by atoms with E-state index in [1.54, 1.807) is 0 Å². The number of imidazole rings is 1. The Morgan fingerprint density at radius 3 is 3.00 bits per heavy atom. The predicted molar refractivity (Wildman–Crippen MR) is 68.0 cm³/mol. The maximum atomic E-state index is 5.48. The molecule has 0 aliphatic carbocycles. The topological polar surface area (TPSA) is 39.1 Å². The van der Waals surface area contributed by atoms with Crippen molar-refractivity contribution in [3.8, 4) is 0 Å². The zero-order chi connectivity index (χ0) is 12.3. The van der Waals surface area contributed by atoms with Crippen molar-refractivity contribution in [1.29, 1.82) is 0 Å². The number of morpholine rings is 1. The number of rotatable bonds is 3. The van der Waals surface area contributed by atoms with Gasteiger partial charge in [-0.25, -0.2) is 4.98 Å². The normalized spacial score (nSPS) is 21.7. The van der Waals surface area contributed by atoms with Crippen LogP contribution in [0.15, 0.2) is 12.5 Å². The third-order valence-electron chi connectivity index (χ3n) is 2.93. The molecule has 0 saturated carbocycles. The minimum absolute atomic E-state index is 0.300. The molecule has 1 aliphatic rings. The highest BCUT2D eigenvalue weighted by Crippen LogP contribution is 2.20. The van der Waals surface area contributed by atoms with Crippen LogP contribution < -0.4 is 5.32 Å². The minimum atomic E-state index is 0.300. The van der Waals surface area contributed by atoms with Crippen molar-refractivity contribution in [2.24, 2.45) is 5.41 Å². The summed E-state index contributed by atoms with van der Waals surface area (Å²) in [5.41, 5.74) is 1.61. The average molecular weight is 237 g/mol. The standard InChI is InChI=1S/C13H23N3O/c1-13(2,3)6-12-7-14-10-16(12)8-11-9-17-5-4-15-11/h7,10-11,15H,4-6,8-9H2,1-3H3. The van der Waals surface area contributed by atoms with Gasteiger partial charge in [-0.3, -0.25) is 0 Å². The van der Waals surface area contributed by atoms with Gasteiger partial charge in [-0.2, -0.15) is 0 Å². The summed E-state index contributed by atoms with van der Waals surface area (Å²) in [6, 6.07) is 0.414. The Kier molecular flexibility index (Phi) is 3.84. The van der Waals surface area contributed by atoms with Crippen molar-refractivity contribution in [3.63, 3.8) is 0 Å². The smallest absolute Gasteiger partial charge is 0.0948 e. The van der Waals surface area contributed by atoms with Gasteiger partial charge >= 0.3 is 0 Å². The van der Waals surface area contributed by atoms with Gasteiger partial charge in [0.1, 0.15) is 0 Å². The highest BCUT2D eigenvalue weighted by molar-refractivity contribution is 5.02. The monoisotopic (exact) mass is 237 g/mol. The van der Waals surface area contributed by atoms with Crippen molar-refractivity contribution in [2.45, 2.75) is 39.8 Å². The first-order chi connectivity index (χ1) is 8.04. The van der Waals surface area contributed by atoms with E-state index in [-0.39, 0.29) is 0 Å². The van der Waals surface area contributed by atoms with E-state index in [1.165, 1.54) is 5.69 Å². The molecule has 4 heteroatoms. The number of hydrogen-bond acceptors (Lipinski definition) is 3. The Morgan fingerprint density at radius 1 is 1.53 bits per heavy atom. The van der Waals surface area contributed by atoms with E-state index in [0.717, 1.165) is 32.7 Å². The van der Waals surface area contributed by atoms with Crippen LogP contribution in [0, 0.1) is 5.41 Å². The molecule has 1 saturated heterocycles. The molecule has 1 unspecified atom stereocenters. The zero-order valence-corrected chi connectivity index (χ0v) is 11.1. The van der Waals surface area contributed by atoms with Crippen molar-refractivity contribution in [1.82, 2.24) is 14.9 Å². The highest BCUT2D eigenvalue weighted by atomic mass is 16.5. The first kappa shape index (κ1) is 12.6. The number of aromatic nitrogens is 2. The molecule has 0 spiro atoms. The van der Waals surface area contributed by atoms with Crippen LogP contribution in [-0.2, 0) is 17.7 Å². The fraction of sp³-hybridized carbons (Fsp3) is 0.769. The quantitative estimate of drug-likeness (QED) is 0.865. The molecule has 0 radical (unpaired) electrons. The SMILES string of the molecule is CC(C)(C)Cc1cncn1CC1COCCN1. The van der Waals surface area contributed by atoms with Crippen LogP contribution in [0.25, 0.3) is 0 Å². The van der Waals surface area contributed by atoms with E-state index in [4.69, 9.17) is 4.74 Å². The van der Waals surface area contributed by atoms with Gasteiger partial charge in [0.05, 0.1) is 19.5 Å². The van der Waals surface area contributed by atoms with Gasteiger partial charge in [0.15, 0.2) is 0 Å². The Balaban J connectivity index is 1.98. The Morgan fingerprint density at radius 2 is 2.35 bits per heavy atom. The molecule has 0 amide bonds. The summed E-state index contributed by atoms with van der Waals surface area (Å²) in [6.07, 6.45) is 4.97. The lowest BCUT2D eigenvalue weighted by molar-refractivity contribution is 0.0710. The van der Waals surface area contributed by atoms with E-state index in [0.29, 0.717) is 11.5 Å². The second kappa shape index (κ2) is 5.19. The van der Waals surface area contributed by atoms with E-state index in [2.05, 4.69) is 35.6 Å². The lowest BCUT2D eigenvalue weighted by atomic mass is 9.91. The molecule has 2 rings (SSSR count). The summed E-state index contributed by atoms with van der Waals surface area (Å²) in [7, 11) is 0. The zero-order valence-electron chi connectivity index (χ0n) is 11.1. The van der Waals surface area contributed by atoms with Crippen molar-refractivity contribution in [3.05, 3.63) is 18.2 Å². The first-order valence-corrected chi connectivity index (χ1v) is 6.35. The van der Waals surface area contributed by atoms with Crippen LogP contribution >= 0.6 is 0 Å².